The van der Waals surface area contributed by atoms with Gasteiger partial charge < -0.3 is 4.74 Å². The molecule has 4 aromatic carbocycles. The largest absolute Gasteiger partial charge is 0.483 e. The van der Waals surface area contributed by atoms with Crippen LogP contribution in [0, 0.1) is 35.0 Å². The summed E-state index contributed by atoms with van der Waals surface area (Å²) in [5.41, 5.74) is 2.85. The first kappa shape index (κ1) is 26.2. The molecule has 0 atom stereocenters. The first-order valence-corrected chi connectivity index (χ1v) is 13.1. The number of ether oxygens (including phenoxy) is 1. The van der Waals surface area contributed by atoms with Gasteiger partial charge in [0.1, 0.15) is 6.61 Å². The van der Waals surface area contributed by atoms with E-state index in [0.717, 1.165) is 43.2 Å². The van der Waals surface area contributed by atoms with Crippen LogP contribution in [0.3, 0.4) is 0 Å². The fourth-order valence-electron chi connectivity index (χ4n) is 5.58. The number of hydrogen-bond donors (Lipinski definition) is 0. The predicted molar refractivity (Wildman–Crippen MR) is 140 cm³/mol. The van der Waals surface area contributed by atoms with E-state index in [1.807, 2.05) is 0 Å². The highest BCUT2D eigenvalue weighted by Gasteiger charge is 2.24. The summed E-state index contributed by atoms with van der Waals surface area (Å²) in [5.74, 6) is -4.83. The zero-order chi connectivity index (χ0) is 26.8. The standard InChI is InChI=1S/C32H29F5O/c1-2-3-19-4-8-22(9-5-19)24-15-28(34)32(29(35)16-24)38-18-20-6-10-21(11-7-20)23-12-13-26-25(14-23)17-27(33)31(37)30(26)36/h6-7,10-17,19,22H,2-5,8-9,18H2,1H3/t19-,22-. The van der Waals surface area contributed by atoms with Crippen LogP contribution in [-0.4, -0.2) is 0 Å². The lowest BCUT2D eigenvalue weighted by molar-refractivity contribution is 0.272. The van der Waals surface area contributed by atoms with Crippen LogP contribution in [0.4, 0.5) is 22.0 Å². The molecule has 6 heteroatoms. The first-order valence-electron chi connectivity index (χ1n) is 13.1. The Morgan fingerprint density at radius 1 is 0.711 bits per heavy atom. The second-order valence-electron chi connectivity index (χ2n) is 10.2. The maximum absolute atomic E-state index is 14.8. The Morgan fingerprint density at radius 3 is 2.03 bits per heavy atom. The SMILES string of the molecule is CCC[C@H]1CC[C@H](c2cc(F)c(OCc3ccc(-c4ccc5c(F)c(F)c(F)cc5c4)cc3)c(F)c2)CC1. The van der Waals surface area contributed by atoms with Crippen LogP contribution < -0.4 is 4.74 Å². The summed E-state index contributed by atoms with van der Waals surface area (Å²) < 4.78 is 76.3. The van der Waals surface area contributed by atoms with Gasteiger partial charge in [-0.3, -0.25) is 0 Å². The fraction of sp³-hybridized carbons (Fsp3) is 0.312. The molecule has 0 bridgehead atoms. The lowest BCUT2D eigenvalue weighted by Gasteiger charge is -2.28. The second kappa shape index (κ2) is 11.1. The summed E-state index contributed by atoms with van der Waals surface area (Å²) in [4.78, 5) is 0. The molecule has 4 aromatic rings. The normalized spacial score (nSPS) is 17.6. The van der Waals surface area contributed by atoms with E-state index in [1.54, 1.807) is 36.4 Å². The molecule has 0 unspecified atom stereocenters. The quantitative estimate of drug-likeness (QED) is 0.173. The van der Waals surface area contributed by atoms with Crippen LogP contribution in [0.5, 0.6) is 5.75 Å². The van der Waals surface area contributed by atoms with Gasteiger partial charge in [0.25, 0.3) is 0 Å². The minimum atomic E-state index is -1.49. The van der Waals surface area contributed by atoms with Gasteiger partial charge >= 0.3 is 0 Å². The van der Waals surface area contributed by atoms with Crippen molar-refractivity contribution in [3.63, 3.8) is 0 Å². The molecular formula is C32H29F5O. The molecule has 1 aliphatic rings. The summed E-state index contributed by atoms with van der Waals surface area (Å²) in [6.07, 6.45) is 6.49. The van der Waals surface area contributed by atoms with Crippen molar-refractivity contribution in [1.82, 2.24) is 0 Å². The van der Waals surface area contributed by atoms with Crippen molar-refractivity contribution in [2.45, 2.75) is 58.0 Å². The Kier molecular flexibility index (Phi) is 7.68. The van der Waals surface area contributed by atoms with Crippen LogP contribution in [0.2, 0.25) is 0 Å². The van der Waals surface area contributed by atoms with Gasteiger partial charge in [-0.15, -0.1) is 0 Å². The van der Waals surface area contributed by atoms with Crippen LogP contribution in [-0.2, 0) is 6.61 Å². The van der Waals surface area contributed by atoms with Crippen LogP contribution in [0.1, 0.15) is 62.5 Å². The lowest BCUT2D eigenvalue weighted by atomic mass is 9.77. The zero-order valence-electron chi connectivity index (χ0n) is 21.2. The molecule has 1 fully saturated rings. The molecule has 0 heterocycles. The second-order valence-corrected chi connectivity index (χ2v) is 10.2. The van der Waals surface area contributed by atoms with Crippen molar-refractivity contribution < 1.29 is 26.7 Å². The predicted octanol–water partition coefficient (Wildman–Crippen LogP) is 9.86. The minimum absolute atomic E-state index is 0.00286. The Labute approximate surface area is 219 Å². The molecule has 198 valence electrons. The molecule has 0 saturated heterocycles. The monoisotopic (exact) mass is 524 g/mol. The summed E-state index contributed by atoms with van der Waals surface area (Å²) in [7, 11) is 0. The van der Waals surface area contributed by atoms with E-state index < -0.39 is 29.1 Å². The molecule has 0 spiro atoms. The smallest absolute Gasteiger partial charge is 0.195 e. The number of halogens is 5. The minimum Gasteiger partial charge on any atom is -0.483 e. The maximum Gasteiger partial charge on any atom is 0.195 e. The van der Waals surface area contributed by atoms with Gasteiger partial charge in [-0.1, -0.05) is 56.2 Å². The Morgan fingerprint density at radius 2 is 1.37 bits per heavy atom. The maximum atomic E-state index is 14.8. The third-order valence-corrected chi connectivity index (χ3v) is 7.68. The average molecular weight is 525 g/mol. The van der Waals surface area contributed by atoms with Crippen molar-refractivity contribution in [2.75, 3.05) is 0 Å². The van der Waals surface area contributed by atoms with Crippen LogP contribution in [0.15, 0.2) is 60.7 Å². The van der Waals surface area contributed by atoms with E-state index in [0.29, 0.717) is 16.7 Å². The Hall–Kier alpha value is -3.41. The van der Waals surface area contributed by atoms with Gasteiger partial charge in [0, 0.05) is 5.39 Å². The molecule has 38 heavy (non-hydrogen) atoms. The van der Waals surface area contributed by atoms with E-state index in [1.165, 1.54) is 31.0 Å². The molecule has 1 saturated carbocycles. The van der Waals surface area contributed by atoms with Gasteiger partial charge in [0.2, 0.25) is 0 Å². The molecule has 1 aliphatic carbocycles. The summed E-state index contributed by atoms with van der Waals surface area (Å²) in [6, 6.07) is 15.5. The van der Waals surface area contributed by atoms with Gasteiger partial charge in [-0.2, -0.15) is 0 Å². The molecule has 0 radical (unpaired) electrons. The zero-order valence-corrected chi connectivity index (χ0v) is 21.2. The number of benzene rings is 4. The number of hydrogen-bond acceptors (Lipinski definition) is 1. The molecule has 0 aliphatic heterocycles. The molecule has 0 amide bonds. The van der Waals surface area contributed by atoms with E-state index in [9.17, 15) is 22.0 Å². The van der Waals surface area contributed by atoms with Crippen molar-refractivity contribution in [3.05, 3.63) is 101 Å². The third-order valence-electron chi connectivity index (χ3n) is 7.68. The first-order chi connectivity index (χ1) is 18.3. The van der Waals surface area contributed by atoms with E-state index >= 15 is 0 Å². The fourth-order valence-corrected chi connectivity index (χ4v) is 5.58. The highest BCUT2D eigenvalue weighted by Crippen LogP contribution is 2.39. The number of rotatable bonds is 7. The van der Waals surface area contributed by atoms with Crippen LogP contribution >= 0.6 is 0 Å². The van der Waals surface area contributed by atoms with E-state index in [-0.39, 0.29) is 29.0 Å². The summed E-state index contributed by atoms with van der Waals surface area (Å²) in [5, 5.41) is 0.242. The van der Waals surface area contributed by atoms with Crippen molar-refractivity contribution in [2.24, 2.45) is 5.92 Å². The summed E-state index contributed by atoms with van der Waals surface area (Å²) in [6.45, 7) is 2.16. The molecule has 5 rings (SSSR count). The Bertz CT molecular complexity index is 1420. The molecule has 0 N–H and O–H groups in total. The van der Waals surface area contributed by atoms with Crippen molar-refractivity contribution in [3.8, 4) is 16.9 Å². The average Bonchev–Trinajstić information content (AvgIpc) is 2.92. The van der Waals surface area contributed by atoms with Gasteiger partial charge in [0.05, 0.1) is 0 Å². The molecular weight excluding hydrogens is 495 g/mol. The van der Waals surface area contributed by atoms with Gasteiger partial charge in [-0.05, 0) is 89.4 Å². The van der Waals surface area contributed by atoms with Gasteiger partial charge in [0.15, 0.2) is 34.8 Å². The topological polar surface area (TPSA) is 9.23 Å². The van der Waals surface area contributed by atoms with Gasteiger partial charge in [-0.25, -0.2) is 22.0 Å². The highest BCUT2D eigenvalue weighted by molar-refractivity contribution is 5.88. The molecule has 1 nitrogen and oxygen atoms in total. The third kappa shape index (κ3) is 5.40. The highest BCUT2D eigenvalue weighted by atomic mass is 19.2. The van der Waals surface area contributed by atoms with Crippen LogP contribution in [0.25, 0.3) is 21.9 Å². The lowest BCUT2D eigenvalue weighted by Crippen LogP contribution is -2.14. The van der Waals surface area contributed by atoms with Crippen molar-refractivity contribution in [1.29, 1.82) is 0 Å². The Balaban J connectivity index is 1.26. The molecule has 0 aromatic heterocycles. The van der Waals surface area contributed by atoms with E-state index in [4.69, 9.17) is 4.74 Å². The van der Waals surface area contributed by atoms with Crippen molar-refractivity contribution >= 4 is 10.8 Å². The van der Waals surface area contributed by atoms with E-state index in [2.05, 4.69) is 6.92 Å². The number of fused-ring (bicyclic) bond motifs is 1. The summed E-state index contributed by atoms with van der Waals surface area (Å²) >= 11 is 0.